The Morgan fingerprint density at radius 2 is 1.46 bits per heavy atom. The fraction of sp³-hybridized carbons (Fsp3) is 0.300. The van der Waals surface area contributed by atoms with Gasteiger partial charge in [-0.1, -0.05) is 32.9 Å². The van der Waals surface area contributed by atoms with Crippen LogP contribution < -0.4 is 10.6 Å². The van der Waals surface area contributed by atoms with E-state index in [4.69, 9.17) is 0 Å². The van der Waals surface area contributed by atoms with Crippen LogP contribution in [0, 0.1) is 0 Å². The maximum Gasteiger partial charge on any atom is 0.411 e. The van der Waals surface area contributed by atoms with Crippen molar-refractivity contribution in [2.45, 2.75) is 31.1 Å². The number of methoxy groups -OCH3 is 1. The van der Waals surface area contributed by atoms with E-state index in [1.807, 2.05) is 12.1 Å². The summed E-state index contributed by atoms with van der Waals surface area (Å²) in [4.78, 5) is 24.3. The second-order valence-electron chi connectivity index (χ2n) is 6.81. The summed E-state index contributed by atoms with van der Waals surface area (Å²) < 4.78 is 4.53. The first-order chi connectivity index (χ1) is 12.3. The maximum atomic E-state index is 12.1. The molecule has 0 aromatic heterocycles. The molecule has 0 atom stereocenters. The second kappa shape index (κ2) is 8.76. The number of ether oxygens (including phenoxy) is 1. The second-order valence-corrected chi connectivity index (χ2v) is 7.85. The molecule has 0 bridgehead atoms. The molecule has 0 aliphatic heterocycles. The minimum absolute atomic E-state index is 0.0800. The van der Waals surface area contributed by atoms with Crippen LogP contribution in [0.15, 0.2) is 53.4 Å². The van der Waals surface area contributed by atoms with E-state index in [9.17, 15) is 9.59 Å². The Morgan fingerprint density at radius 1 is 0.923 bits per heavy atom. The zero-order chi connectivity index (χ0) is 19.2. The van der Waals surface area contributed by atoms with Crippen LogP contribution in [0.1, 0.15) is 26.3 Å². The van der Waals surface area contributed by atoms with Crippen LogP contribution in [0.3, 0.4) is 0 Å². The third kappa shape index (κ3) is 6.11. The van der Waals surface area contributed by atoms with E-state index < -0.39 is 6.09 Å². The van der Waals surface area contributed by atoms with Gasteiger partial charge in [0.2, 0.25) is 5.91 Å². The molecule has 0 spiro atoms. The molecule has 0 heterocycles. The van der Waals surface area contributed by atoms with Gasteiger partial charge >= 0.3 is 6.09 Å². The number of anilines is 2. The lowest BCUT2D eigenvalue weighted by atomic mass is 9.87. The van der Waals surface area contributed by atoms with Crippen LogP contribution in [-0.2, 0) is 14.9 Å². The Morgan fingerprint density at radius 3 is 1.96 bits per heavy atom. The number of hydrogen-bond acceptors (Lipinski definition) is 4. The number of amides is 2. The maximum absolute atomic E-state index is 12.1. The van der Waals surface area contributed by atoms with Gasteiger partial charge in [-0.15, -0.1) is 11.8 Å². The van der Waals surface area contributed by atoms with Crippen molar-refractivity contribution in [2.24, 2.45) is 0 Å². The molecule has 0 radical (unpaired) electrons. The number of carbonyl (C=O) groups excluding carboxylic acids is 2. The summed E-state index contributed by atoms with van der Waals surface area (Å²) in [5.41, 5.74) is 2.67. The highest BCUT2D eigenvalue weighted by Gasteiger charge is 2.13. The number of carbonyl (C=O) groups is 2. The van der Waals surface area contributed by atoms with Gasteiger partial charge in [-0.3, -0.25) is 10.1 Å². The van der Waals surface area contributed by atoms with Gasteiger partial charge in [-0.05, 0) is 47.4 Å². The fourth-order valence-electron chi connectivity index (χ4n) is 2.20. The first-order valence-corrected chi connectivity index (χ1v) is 9.25. The summed E-state index contributed by atoms with van der Waals surface area (Å²) in [5, 5.41) is 5.39. The van der Waals surface area contributed by atoms with Crippen molar-refractivity contribution in [3.63, 3.8) is 0 Å². The fourth-order valence-corrected chi connectivity index (χ4v) is 2.90. The van der Waals surface area contributed by atoms with Crippen LogP contribution in [0.25, 0.3) is 0 Å². The molecule has 0 aliphatic carbocycles. The van der Waals surface area contributed by atoms with Crippen LogP contribution in [-0.4, -0.2) is 24.9 Å². The van der Waals surface area contributed by atoms with Gasteiger partial charge in [0.05, 0.1) is 12.9 Å². The summed E-state index contributed by atoms with van der Waals surface area (Å²) in [6.45, 7) is 6.53. The normalized spacial score (nSPS) is 10.9. The van der Waals surface area contributed by atoms with Crippen LogP contribution in [0.4, 0.5) is 16.2 Å². The average molecular weight is 372 g/mol. The lowest BCUT2D eigenvalue weighted by Gasteiger charge is -2.19. The molecule has 5 nitrogen and oxygen atoms in total. The van der Waals surface area contributed by atoms with E-state index in [2.05, 4.69) is 48.3 Å². The third-order valence-corrected chi connectivity index (χ3v) is 4.70. The van der Waals surface area contributed by atoms with E-state index in [1.165, 1.54) is 24.4 Å². The zero-order valence-electron chi connectivity index (χ0n) is 15.5. The van der Waals surface area contributed by atoms with E-state index in [0.29, 0.717) is 17.1 Å². The molecular weight excluding hydrogens is 348 g/mol. The largest absolute Gasteiger partial charge is 0.453 e. The standard InChI is InChI=1S/C20H24N2O3S/c1-20(2,3)14-5-11-17(12-6-14)26-13-18(23)21-15-7-9-16(10-8-15)22-19(24)25-4/h5-12H,13H2,1-4H3,(H,21,23)(H,22,24). The molecule has 6 heteroatoms. The number of thioether (sulfide) groups is 1. The summed E-state index contributed by atoms with van der Waals surface area (Å²) in [7, 11) is 1.30. The molecule has 26 heavy (non-hydrogen) atoms. The summed E-state index contributed by atoms with van der Waals surface area (Å²) in [6, 6.07) is 15.2. The number of benzene rings is 2. The Labute approximate surface area is 158 Å². The molecule has 2 amide bonds. The van der Waals surface area contributed by atoms with Gasteiger partial charge in [-0.2, -0.15) is 0 Å². The molecular formula is C20H24N2O3S. The Bertz CT molecular complexity index is 750. The quantitative estimate of drug-likeness (QED) is 0.733. The molecule has 0 saturated heterocycles. The Hall–Kier alpha value is -2.47. The lowest BCUT2D eigenvalue weighted by Crippen LogP contribution is -2.14. The van der Waals surface area contributed by atoms with Crippen molar-refractivity contribution in [1.82, 2.24) is 0 Å². The first kappa shape index (κ1) is 19.8. The third-order valence-electron chi connectivity index (χ3n) is 3.69. The summed E-state index contributed by atoms with van der Waals surface area (Å²) in [5.74, 6) is 0.250. The van der Waals surface area contributed by atoms with Crippen molar-refractivity contribution in [3.05, 3.63) is 54.1 Å². The van der Waals surface area contributed by atoms with Gasteiger partial charge in [-0.25, -0.2) is 4.79 Å². The van der Waals surface area contributed by atoms with Crippen LogP contribution in [0.2, 0.25) is 0 Å². The van der Waals surface area contributed by atoms with Gasteiger partial charge < -0.3 is 10.1 Å². The van der Waals surface area contributed by atoms with Gasteiger partial charge in [0.1, 0.15) is 0 Å². The predicted molar refractivity (Wildman–Crippen MR) is 107 cm³/mol. The molecule has 0 fully saturated rings. The van der Waals surface area contributed by atoms with Crippen molar-refractivity contribution < 1.29 is 14.3 Å². The van der Waals surface area contributed by atoms with E-state index >= 15 is 0 Å². The number of nitrogens with one attached hydrogen (secondary N) is 2. The highest BCUT2D eigenvalue weighted by Crippen LogP contribution is 2.25. The lowest BCUT2D eigenvalue weighted by molar-refractivity contribution is -0.113. The minimum atomic E-state index is -0.532. The molecule has 0 aliphatic rings. The SMILES string of the molecule is COC(=O)Nc1ccc(NC(=O)CSc2ccc(C(C)(C)C)cc2)cc1. The molecule has 2 aromatic rings. The molecule has 138 valence electrons. The van der Waals surface area contributed by atoms with E-state index in [-0.39, 0.29) is 11.3 Å². The van der Waals surface area contributed by atoms with Gasteiger partial charge in [0.15, 0.2) is 0 Å². The molecule has 2 rings (SSSR count). The van der Waals surface area contributed by atoms with Crippen LogP contribution in [0.5, 0.6) is 0 Å². The highest BCUT2D eigenvalue weighted by atomic mass is 32.2. The Balaban J connectivity index is 1.84. The predicted octanol–water partition coefficient (Wildman–Crippen LogP) is 4.89. The van der Waals surface area contributed by atoms with Gasteiger partial charge in [0, 0.05) is 16.3 Å². The average Bonchev–Trinajstić information content (AvgIpc) is 2.61. The van der Waals surface area contributed by atoms with Crippen molar-refractivity contribution in [1.29, 1.82) is 0 Å². The van der Waals surface area contributed by atoms with Gasteiger partial charge in [0.25, 0.3) is 0 Å². The summed E-state index contributed by atoms with van der Waals surface area (Å²) in [6.07, 6.45) is -0.532. The van der Waals surface area contributed by atoms with Crippen LogP contribution >= 0.6 is 11.8 Å². The number of rotatable bonds is 5. The zero-order valence-corrected chi connectivity index (χ0v) is 16.3. The molecule has 2 N–H and O–H groups in total. The van der Waals surface area contributed by atoms with E-state index in [1.54, 1.807) is 24.3 Å². The monoisotopic (exact) mass is 372 g/mol. The minimum Gasteiger partial charge on any atom is -0.453 e. The van der Waals surface area contributed by atoms with Crippen molar-refractivity contribution >= 4 is 35.1 Å². The van der Waals surface area contributed by atoms with E-state index in [0.717, 1.165) is 4.90 Å². The molecule has 2 aromatic carbocycles. The smallest absolute Gasteiger partial charge is 0.411 e. The number of hydrogen-bond donors (Lipinski definition) is 2. The molecule has 0 saturated carbocycles. The highest BCUT2D eigenvalue weighted by molar-refractivity contribution is 8.00. The first-order valence-electron chi connectivity index (χ1n) is 8.26. The van der Waals surface area contributed by atoms with Crippen molar-refractivity contribution in [2.75, 3.05) is 23.5 Å². The Kier molecular flexibility index (Phi) is 6.69. The molecule has 0 unspecified atom stereocenters. The summed E-state index contributed by atoms with van der Waals surface area (Å²) >= 11 is 1.50. The van der Waals surface area contributed by atoms with Crippen molar-refractivity contribution in [3.8, 4) is 0 Å². The topological polar surface area (TPSA) is 67.4 Å².